The van der Waals surface area contributed by atoms with Gasteiger partial charge in [0, 0.05) is 12.6 Å². The Bertz CT molecular complexity index is 619. The maximum Gasteiger partial charge on any atom is 0.357 e. The average Bonchev–Trinajstić information content (AvgIpc) is 2.86. The molecule has 0 aliphatic carbocycles. The van der Waals surface area contributed by atoms with Crippen molar-refractivity contribution in [2.75, 3.05) is 0 Å². The molecule has 1 N–H and O–H groups in total. The average molecular weight is 288 g/mol. The summed E-state index contributed by atoms with van der Waals surface area (Å²) in [4.78, 5) is 17.0. The predicted molar refractivity (Wildman–Crippen MR) is 79.0 cm³/mol. The van der Waals surface area contributed by atoms with Crippen LogP contribution in [0.1, 0.15) is 41.4 Å². The van der Waals surface area contributed by atoms with E-state index >= 15 is 0 Å². The lowest BCUT2D eigenvalue weighted by atomic mass is 10.1. The Morgan fingerprint density at radius 2 is 2.14 bits per heavy atom. The molecule has 0 unspecified atom stereocenters. The Balaban J connectivity index is 2.10. The second-order valence-electron chi connectivity index (χ2n) is 5.42. The van der Waals surface area contributed by atoms with E-state index in [1.165, 1.54) is 17.4 Å². The van der Waals surface area contributed by atoms with Gasteiger partial charge in [0.25, 0.3) is 0 Å². The number of aryl methyl sites for hydroxylation is 1. The predicted octanol–water partition coefficient (Wildman–Crippen LogP) is 3.09. The third-order valence-electron chi connectivity index (χ3n) is 3.31. The SMILES string of the molecule is Cc1cccc(CN(Cc2nc(C(=O)O)co2)C(C)C)c1. The molecular weight excluding hydrogens is 268 g/mol. The van der Waals surface area contributed by atoms with E-state index in [2.05, 4.69) is 48.9 Å². The lowest BCUT2D eigenvalue weighted by molar-refractivity contribution is 0.0690. The first-order chi connectivity index (χ1) is 9.95. The van der Waals surface area contributed by atoms with Crippen LogP contribution in [0, 0.1) is 6.92 Å². The number of carboxylic acids is 1. The van der Waals surface area contributed by atoms with Crippen molar-refractivity contribution in [3.05, 3.63) is 53.2 Å². The van der Waals surface area contributed by atoms with Crippen LogP contribution in [0.25, 0.3) is 0 Å². The highest BCUT2D eigenvalue weighted by atomic mass is 16.4. The van der Waals surface area contributed by atoms with E-state index in [0.29, 0.717) is 18.5 Å². The van der Waals surface area contributed by atoms with Gasteiger partial charge in [-0.2, -0.15) is 0 Å². The van der Waals surface area contributed by atoms with E-state index in [4.69, 9.17) is 9.52 Å². The molecule has 5 nitrogen and oxygen atoms in total. The zero-order valence-electron chi connectivity index (χ0n) is 12.5. The number of aromatic carboxylic acids is 1. The molecule has 112 valence electrons. The Labute approximate surface area is 124 Å². The van der Waals surface area contributed by atoms with E-state index in [0.717, 1.165) is 6.54 Å². The minimum Gasteiger partial charge on any atom is -0.476 e. The summed E-state index contributed by atoms with van der Waals surface area (Å²) >= 11 is 0. The Morgan fingerprint density at radius 3 is 2.71 bits per heavy atom. The number of carbonyl (C=O) groups is 1. The van der Waals surface area contributed by atoms with Crippen LogP contribution in [0.2, 0.25) is 0 Å². The maximum atomic E-state index is 10.8. The second-order valence-corrected chi connectivity index (χ2v) is 5.42. The first-order valence-electron chi connectivity index (χ1n) is 6.93. The van der Waals surface area contributed by atoms with E-state index < -0.39 is 5.97 Å². The van der Waals surface area contributed by atoms with Crippen LogP contribution < -0.4 is 0 Å². The number of hydrogen-bond acceptors (Lipinski definition) is 4. The molecule has 5 heteroatoms. The molecule has 2 aromatic rings. The molecule has 0 atom stereocenters. The highest BCUT2D eigenvalue weighted by Crippen LogP contribution is 2.14. The van der Waals surface area contributed by atoms with Crippen molar-refractivity contribution in [1.29, 1.82) is 0 Å². The molecule has 0 fully saturated rings. The van der Waals surface area contributed by atoms with Gasteiger partial charge in [0.2, 0.25) is 5.89 Å². The van der Waals surface area contributed by atoms with Gasteiger partial charge in [0.05, 0.1) is 6.54 Å². The zero-order valence-corrected chi connectivity index (χ0v) is 12.5. The van der Waals surface area contributed by atoms with Crippen LogP contribution in [-0.2, 0) is 13.1 Å². The summed E-state index contributed by atoms with van der Waals surface area (Å²) in [6.07, 6.45) is 1.18. The molecule has 0 amide bonds. The van der Waals surface area contributed by atoms with Gasteiger partial charge in [-0.1, -0.05) is 29.8 Å². The molecule has 1 heterocycles. The van der Waals surface area contributed by atoms with Crippen LogP contribution in [0.4, 0.5) is 0 Å². The first-order valence-corrected chi connectivity index (χ1v) is 6.93. The zero-order chi connectivity index (χ0) is 15.4. The third-order valence-corrected chi connectivity index (χ3v) is 3.31. The topological polar surface area (TPSA) is 66.6 Å². The van der Waals surface area contributed by atoms with E-state index in [9.17, 15) is 4.79 Å². The summed E-state index contributed by atoms with van der Waals surface area (Å²) in [6.45, 7) is 7.51. The Morgan fingerprint density at radius 1 is 1.38 bits per heavy atom. The summed E-state index contributed by atoms with van der Waals surface area (Å²) in [7, 11) is 0. The number of carboxylic acid groups (broad SMARTS) is 1. The molecule has 0 saturated carbocycles. The van der Waals surface area contributed by atoms with E-state index in [1.807, 2.05) is 6.07 Å². The van der Waals surface area contributed by atoms with Crippen molar-refractivity contribution in [3.8, 4) is 0 Å². The third kappa shape index (κ3) is 4.16. The van der Waals surface area contributed by atoms with Gasteiger partial charge in [0.1, 0.15) is 6.26 Å². The van der Waals surface area contributed by atoms with Crippen LogP contribution in [0.3, 0.4) is 0 Å². The lowest BCUT2D eigenvalue weighted by Gasteiger charge is -2.25. The standard InChI is InChI=1S/C16H20N2O3/c1-11(2)18(8-13-6-4-5-12(3)7-13)9-15-17-14(10-21-15)16(19)20/h4-7,10-11H,8-9H2,1-3H3,(H,19,20). The normalized spacial score (nSPS) is 11.3. The van der Waals surface area contributed by atoms with Gasteiger partial charge in [-0.3, -0.25) is 4.90 Å². The van der Waals surface area contributed by atoms with Gasteiger partial charge in [-0.25, -0.2) is 9.78 Å². The van der Waals surface area contributed by atoms with Gasteiger partial charge >= 0.3 is 5.97 Å². The lowest BCUT2D eigenvalue weighted by Crippen LogP contribution is -2.30. The second kappa shape index (κ2) is 6.54. The van der Waals surface area contributed by atoms with Crippen molar-refractivity contribution >= 4 is 5.97 Å². The minimum atomic E-state index is -1.07. The van der Waals surface area contributed by atoms with Crippen molar-refractivity contribution in [2.45, 2.75) is 39.9 Å². The number of benzene rings is 1. The summed E-state index contributed by atoms with van der Waals surface area (Å²) in [5, 5.41) is 8.87. The fourth-order valence-electron chi connectivity index (χ4n) is 2.12. The summed E-state index contributed by atoms with van der Waals surface area (Å²) in [5.74, 6) is -0.645. The van der Waals surface area contributed by atoms with Crippen molar-refractivity contribution in [2.24, 2.45) is 0 Å². The maximum absolute atomic E-state index is 10.8. The van der Waals surface area contributed by atoms with E-state index in [-0.39, 0.29) is 5.69 Å². The molecule has 0 aliphatic rings. The van der Waals surface area contributed by atoms with Gasteiger partial charge < -0.3 is 9.52 Å². The molecule has 0 bridgehead atoms. The molecule has 0 aliphatic heterocycles. The van der Waals surface area contributed by atoms with E-state index in [1.54, 1.807) is 0 Å². The quantitative estimate of drug-likeness (QED) is 0.884. The Kier molecular flexibility index (Phi) is 4.75. The molecule has 21 heavy (non-hydrogen) atoms. The number of hydrogen-bond donors (Lipinski definition) is 1. The fraction of sp³-hybridized carbons (Fsp3) is 0.375. The van der Waals surface area contributed by atoms with Gasteiger partial charge in [0.15, 0.2) is 5.69 Å². The highest BCUT2D eigenvalue weighted by Gasteiger charge is 2.16. The van der Waals surface area contributed by atoms with Crippen molar-refractivity contribution < 1.29 is 14.3 Å². The minimum absolute atomic E-state index is 0.0516. The van der Waals surface area contributed by atoms with Crippen LogP contribution >= 0.6 is 0 Å². The molecule has 0 radical (unpaired) electrons. The van der Waals surface area contributed by atoms with Crippen molar-refractivity contribution in [1.82, 2.24) is 9.88 Å². The van der Waals surface area contributed by atoms with Crippen LogP contribution in [-0.4, -0.2) is 27.0 Å². The number of nitrogens with zero attached hydrogens (tertiary/aromatic N) is 2. The summed E-state index contributed by atoms with van der Waals surface area (Å²) < 4.78 is 5.23. The number of aromatic nitrogens is 1. The molecule has 0 spiro atoms. The first kappa shape index (κ1) is 15.3. The molecule has 0 saturated heterocycles. The number of oxazole rings is 1. The smallest absolute Gasteiger partial charge is 0.357 e. The summed E-state index contributed by atoms with van der Waals surface area (Å²) in [5.41, 5.74) is 2.39. The monoisotopic (exact) mass is 288 g/mol. The van der Waals surface area contributed by atoms with Crippen LogP contribution in [0.5, 0.6) is 0 Å². The fourth-order valence-corrected chi connectivity index (χ4v) is 2.12. The van der Waals surface area contributed by atoms with Crippen molar-refractivity contribution in [3.63, 3.8) is 0 Å². The largest absolute Gasteiger partial charge is 0.476 e. The molecule has 2 rings (SSSR count). The molecule has 1 aromatic carbocycles. The van der Waals surface area contributed by atoms with Gasteiger partial charge in [-0.05, 0) is 26.3 Å². The number of rotatable bonds is 6. The van der Waals surface area contributed by atoms with Crippen LogP contribution in [0.15, 0.2) is 34.9 Å². The highest BCUT2D eigenvalue weighted by molar-refractivity contribution is 5.84. The summed E-state index contributed by atoms with van der Waals surface area (Å²) in [6, 6.07) is 8.63. The van der Waals surface area contributed by atoms with Gasteiger partial charge in [-0.15, -0.1) is 0 Å². The molecule has 1 aromatic heterocycles. The molecular formula is C16H20N2O3. The Hall–Kier alpha value is -2.14.